The van der Waals surface area contributed by atoms with Crippen LogP contribution in [-0.2, 0) is 25.7 Å². The third-order valence-electron chi connectivity index (χ3n) is 3.10. The van der Waals surface area contributed by atoms with Gasteiger partial charge in [-0.25, -0.2) is 0 Å². The number of ether oxygens (including phenoxy) is 2. The molecule has 0 spiro atoms. The third-order valence-corrected chi connectivity index (χ3v) is 3.10. The molecule has 0 saturated heterocycles. The Bertz CT molecular complexity index is 490. The number of hydrogen-bond donors (Lipinski definition) is 1. The number of benzene rings is 1. The molecular formula is C18H26O5. The van der Waals surface area contributed by atoms with Gasteiger partial charge in [-0.15, -0.1) is 0 Å². The number of aliphatic hydroxyl groups excluding tert-OH is 1. The largest absolute Gasteiger partial charge is 0.461 e. The average Bonchev–Trinajstić information content (AvgIpc) is 2.48. The Morgan fingerprint density at radius 3 is 2.39 bits per heavy atom. The highest BCUT2D eigenvalue weighted by atomic mass is 16.6. The lowest BCUT2D eigenvalue weighted by atomic mass is 9.99. The van der Waals surface area contributed by atoms with Crippen LogP contribution in [0.5, 0.6) is 0 Å². The maximum Gasteiger partial charge on any atom is 0.309 e. The van der Waals surface area contributed by atoms with Crippen molar-refractivity contribution in [2.24, 2.45) is 5.92 Å². The van der Waals surface area contributed by atoms with E-state index in [1.165, 1.54) is 0 Å². The van der Waals surface area contributed by atoms with Crippen LogP contribution in [0.3, 0.4) is 0 Å². The monoisotopic (exact) mass is 322 g/mol. The van der Waals surface area contributed by atoms with E-state index in [-0.39, 0.29) is 19.6 Å². The van der Waals surface area contributed by atoms with Crippen LogP contribution in [0.1, 0.15) is 45.6 Å². The van der Waals surface area contributed by atoms with Crippen LogP contribution in [0.4, 0.5) is 0 Å². The Hall–Kier alpha value is -1.88. The molecule has 1 N–H and O–H groups in total. The van der Waals surface area contributed by atoms with E-state index < -0.39 is 23.5 Å². The molecular weight excluding hydrogens is 296 g/mol. The second-order valence-electron chi connectivity index (χ2n) is 6.45. The first-order chi connectivity index (χ1) is 10.8. The Morgan fingerprint density at radius 1 is 1.17 bits per heavy atom. The molecule has 0 saturated carbocycles. The maximum absolute atomic E-state index is 12.2. The summed E-state index contributed by atoms with van der Waals surface area (Å²) in [4.78, 5) is 24.1. The molecule has 1 aromatic carbocycles. The van der Waals surface area contributed by atoms with Crippen molar-refractivity contribution in [2.75, 3.05) is 6.61 Å². The fourth-order valence-electron chi connectivity index (χ4n) is 2.07. The van der Waals surface area contributed by atoms with Crippen molar-refractivity contribution in [2.45, 2.75) is 52.2 Å². The van der Waals surface area contributed by atoms with Crippen molar-refractivity contribution in [3.05, 3.63) is 35.9 Å². The quantitative estimate of drug-likeness (QED) is 0.745. The third kappa shape index (κ3) is 8.35. The lowest BCUT2D eigenvalue weighted by Gasteiger charge is -2.21. The average molecular weight is 322 g/mol. The van der Waals surface area contributed by atoms with E-state index >= 15 is 0 Å². The first-order valence-corrected chi connectivity index (χ1v) is 7.85. The number of carbonyl (C=O) groups excluding carboxylic acids is 2. The van der Waals surface area contributed by atoms with Crippen LogP contribution in [-0.4, -0.2) is 29.3 Å². The number of carbonyl (C=O) groups is 2. The van der Waals surface area contributed by atoms with Gasteiger partial charge in [0.15, 0.2) is 0 Å². The minimum Gasteiger partial charge on any atom is -0.461 e. The maximum atomic E-state index is 12.2. The smallest absolute Gasteiger partial charge is 0.309 e. The zero-order valence-electron chi connectivity index (χ0n) is 14.1. The van der Waals surface area contributed by atoms with Gasteiger partial charge in [0.1, 0.15) is 12.2 Å². The van der Waals surface area contributed by atoms with Gasteiger partial charge in [0.25, 0.3) is 0 Å². The van der Waals surface area contributed by atoms with Gasteiger partial charge in [0.05, 0.1) is 12.3 Å². The molecule has 128 valence electrons. The fraction of sp³-hybridized carbons (Fsp3) is 0.556. The normalized spacial score (nSPS) is 12.5. The van der Waals surface area contributed by atoms with Gasteiger partial charge >= 0.3 is 11.9 Å². The van der Waals surface area contributed by atoms with E-state index in [4.69, 9.17) is 14.6 Å². The zero-order chi connectivity index (χ0) is 17.3. The van der Waals surface area contributed by atoms with Crippen molar-refractivity contribution in [1.29, 1.82) is 0 Å². The number of rotatable bonds is 8. The van der Waals surface area contributed by atoms with Gasteiger partial charge in [0.2, 0.25) is 0 Å². The van der Waals surface area contributed by atoms with Crippen LogP contribution < -0.4 is 0 Å². The molecule has 5 heteroatoms. The summed E-state index contributed by atoms with van der Waals surface area (Å²) in [7, 11) is 0. The molecule has 5 nitrogen and oxygen atoms in total. The van der Waals surface area contributed by atoms with E-state index in [9.17, 15) is 9.59 Å². The Morgan fingerprint density at radius 2 is 1.83 bits per heavy atom. The van der Waals surface area contributed by atoms with Gasteiger partial charge in [0, 0.05) is 6.61 Å². The van der Waals surface area contributed by atoms with Crippen LogP contribution in [0, 0.1) is 5.92 Å². The summed E-state index contributed by atoms with van der Waals surface area (Å²) in [6, 6.07) is 9.35. The standard InChI is InChI=1S/C18H26O5/c1-18(2,3)23-16(20)12-15(10-7-11-19)17(21)22-13-14-8-5-4-6-9-14/h4-6,8-9,15,19H,7,10-13H2,1-3H3/t15-/m0/s1. The first kappa shape index (κ1) is 19.2. The molecule has 0 bridgehead atoms. The number of hydrogen-bond acceptors (Lipinski definition) is 5. The molecule has 1 rings (SSSR count). The molecule has 23 heavy (non-hydrogen) atoms. The molecule has 0 aliphatic carbocycles. The predicted octanol–water partition coefficient (Wildman–Crippen LogP) is 2.85. The van der Waals surface area contributed by atoms with Gasteiger partial charge in [-0.1, -0.05) is 30.3 Å². The van der Waals surface area contributed by atoms with Crippen LogP contribution >= 0.6 is 0 Å². The lowest BCUT2D eigenvalue weighted by molar-refractivity contribution is -0.162. The van der Waals surface area contributed by atoms with Gasteiger partial charge < -0.3 is 14.6 Å². The Labute approximate surface area is 137 Å². The SMILES string of the molecule is CC(C)(C)OC(=O)C[C@H](CCCO)C(=O)OCc1ccccc1. The summed E-state index contributed by atoms with van der Waals surface area (Å²) in [5.74, 6) is -1.47. The summed E-state index contributed by atoms with van der Waals surface area (Å²) >= 11 is 0. The van der Waals surface area contributed by atoms with E-state index in [1.54, 1.807) is 20.8 Å². The van der Waals surface area contributed by atoms with Gasteiger partial charge in [-0.2, -0.15) is 0 Å². The van der Waals surface area contributed by atoms with E-state index in [0.717, 1.165) is 5.56 Å². The predicted molar refractivity (Wildman–Crippen MR) is 86.5 cm³/mol. The summed E-state index contributed by atoms with van der Waals surface area (Å²) in [5.41, 5.74) is 0.297. The van der Waals surface area contributed by atoms with Crippen molar-refractivity contribution < 1.29 is 24.2 Å². The fourth-order valence-corrected chi connectivity index (χ4v) is 2.07. The summed E-state index contributed by atoms with van der Waals surface area (Å²) in [6.45, 7) is 5.48. The molecule has 0 fully saturated rings. The second kappa shape index (κ2) is 9.30. The highest BCUT2D eigenvalue weighted by Crippen LogP contribution is 2.18. The van der Waals surface area contributed by atoms with Crippen molar-refractivity contribution in [1.82, 2.24) is 0 Å². The molecule has 0 unspecified atom stereocenters. The minimum absolute atomic E-state index is 0.0310. The molecule has 0 heterocycles. The van der Waals surface area contributed by atoms with Crippen LogP contribution in [0.25, 0.3) is 0 Å². The Kier molecular flexibility index (Phi) is 7.75. The number of esters is 2. The van der Waals surface area contributed by atoms with Crippen molar-refractivity contribution in [3.8, 4) is 0 Å². The zero-order valence-corrected chi connectivity index (χ0v) is 14.1. The first-order valence-electron chi connectivity index (χ1n) is 7.85. The molecule has 0 amide bonds. The molecule has 1 aromatic rings. The molecule has 1 atom stereocenters. The Balaban J connectivity index is 2.57. The highest BCUT2D eigenvalue weighted by molar-refractivity contribution is 5.80. The van der Waals surface area contributed by atoms with Gasteiger partial charge in [-0.3, -0.25) is 9.59 Å². The van der Waals surface area contributed by atoms with Gasteiger partial charge in [-0.05, 0) is 39.2 Å². The van der Waals surface area contributed by atoms with Crippen molar-refractivity contribution >= 4 is 11.9 Å². The van der Waals surface area contributed by atoms with E-state index in [2.05, 4.69) is 0 Å². The highest BCUT2D eigenvalue weighted by Gasteiger charge is 2.26. The summed E-state index contributed by atoms with van der Waals surface area (Å²) in [6.07, 6.45) is 0.794. The lowest BCUT2D eigenvalue weighted by Crippen LogP contribution is -2.28. The second-order valence-corrected chi connectivity index (χ2v) is 6.45. The minimum atomic E-state index is -0.597. The molecule has 0 aliphatic heterocycles. The molecule has 0 aromatic heterocycles. The summed E-state index contributed by atoms with van der Waals surface area (Å²) < 4.78 is 10.5. The van der Waals surface area contributed by atoms with E-state index in [1.807, 2.05) is 30.3 Å². The van der Waals surface area contributed by atoms with Crippen molar-refractivity contribution in [3.63, 3.8) is 0 Å². The topological polar surface area (TPSA) is 72.8 Å². The molecule has 0 aliphatic rings. The number of aliphatic hydroxyl groups is 1. The van der Waals surface area contributed by atoms with Crippen LogP contribution in [0.2, 0.25) is 0 Å². The van der Waals surface area contributed by atoms with E-state index in [0.29, 0.717) is 12.8 Å². The van der Waals surface area contributed by atoms with Crippen LogP contribution in [0.15, 0.2) is 30.3 Å². The molecule has 0 radical (unpaired) electrons. The summed E-state index contributed by atoms with van der Waals surface area (Å²) in [5, 5.41) is 8.96.